The molecule has 1 rings (SSSR count). The Hall–Kier alpha value is -1.84. The molecular formula is C11H14N2O2. The van der Waals surface area contributed by atoms with Crippen LogP contribution in [0.1, 0.15) is 12.5 Å². The van der Waals surface area contributed by atoms with E-state index in [0.29, 0.717) is 0 Å². The van der Waals surface area contributed by atoms with Crippen LogP contribution in [-0.2, 0) is 9.53 Å². The van der Waals surface area contributed by atoms with Gasteiger partial charge in [-0.1, -0.05) is 0 Å². The number of hydrogen-bond donors (Lipinski definition) is 1. The molecule has 4 nitrogen and oxygen atoms in total. The zero-order valence-corrected chi connectivity index (χ0v) is 8.86. The highest BCUT2D eigenvalue weighted by Crippen LogP contribution is 2.06. The van der Waals surface area contributed by atoms with Crippen LogP contribution in [0, 0.1) is 0 Å². The van der Waals surface area contributed by atoms with Crippen LogP contribution in [0.25, 0.3) is 6.08 Å². The summed E-state index contributed by atoms with van der Waals surface area (Å²) in [5.74, 6) is 0.457. The third-order valence-electron chi connectivity index (χ3n) is 1.76. The molecule has 0 atom stereocenters. The van der Waals surface area contributed by atoms with Crippen LogP contribution in [0.4, 0.5) is 5.82 Å². The number of carbonyl (C=O) groups is 1. The Morgan fingerprint density at radius 3 is 2.93 bits per heavy atom. The molecule has 0 aromatic carbocycles. The molecule has 0 unspecified atom stereocenters. The monoisotopic (exact) mass is 206 g/mol. The number of anilines is 1. The van der Waals surface area contributed by atoms with Crippen molar-refractivity contribution in [2.75, 3.05) is 19.0 Å². The number of esters is 1. The topological polar surface area (TPSA) is 51.2 Å². The van der Waals surface area contributed by atoms with Gasteiger partial charge in [0.05, 0.1) is 7.11 Å². The van der Waals surface area contributed by atoms with E-state index < -0.39 is 0 Å². The molecule has 0 amide bonds. The first-order valence-electron chi connectivity index (χ1n) is 4.72. The standard InChI is InChI=1S/C11H14N2O2/c1-3-12-10-6-4-9(8-13-10)5-7-11(14)15-2/h4-8H,3H2,1-2H3,(H,12,13). The van der Waals surface area contributed by atoms with Crippen molar-refractivity contribution in [3.8, 4) is 0 Å². The van der Waals surface area contributed by atoms with E-state index in [1.54, 1.807) is 12.3 Å². The molecular weight excluding hydrogens is 192 g/mol. The van der Waals surface area contributed by atoms with Gasteiger partial charge in [-0.2, -0.15) is 0 Å². The van der Waals surface area contributed by atoms with E-state index in [0.717, 1.165) is 17.9 Å². The second-order valence-corrected chi connectivity index (χ2v) is 2.86. The molecule has 1 N–H and O–H groups in total. The van der Waals surface area contributed by atoms with Crippen LogP contribution < -0.4 is 5.32 Å². The summed E-state index contributed by atoms with van der Waals surface area (Å²) in [7, 11) is 1.35. The van der Waals surface area contributed by atoms with Gasteiger partial charge in [0.25, 0.3) is 0 Å². The van der Waals surface area contributed by atoms with Crippen LogP contribution in [0.2, 0.25) is 0 Å². The molecule has 1 aromatic heterocycles. The van der Waals surface area contributed by atoms with Gasteiger partial charge < -0.3 is 10.1 Å². The Morgan fingerprint density at radius 2 is 2.40 bits per heavy atom. The second kappa shape index (κ2) is 5.80. The molecule has 0 bridgehead atoms. The summed E-state index contributed by atoms with van der Waals surface area (Å²) in [6.07, 6.45) is 4.72. The van der Waals surface area contributed by atoms with E-state index in [1.807, 2.05) is 19.1 Å². The molecule has 1 aromatic rings. The Balaban J connectivity index is 2.64. The average molecular weight is 206 g/mol. The summed E-state index contributed by atoms with van der Waals surface area (Å²) in [5.41, 5.74) is 0.863. The van der Waals surface area contributed by atoms with Gasteiger partial charge in [0.15, 0.2) is 0 Å². The summed E-state index contributed by atoms with van der Waals surface area (Å²) < 4.78 is 4.48. The van der Waals surface area contributed by atoms with E-state index in [9.17, 15) is 4.79 Å². The first-order chi connectivity index (χ1) is 7.26. The van der Waals surface area contributed by atoms with Gasteiger partial charge in [0.1, 0.15) is 5.82 Å². The Kier molecular flexibility index (Phi) is 4.34. The molecule has 0 saturated heterocycles. The van der Waals surface area contributed by atoms with Crippen LogP contribution >= 0.6 is 0 Å². The quantitative estimate of drug-likeness (QED) is 0.601. The number of pyridine rings is 1. The van der Waals surface area contributed by atoms with Gasteiger partial charge >= 0.3 is 5.97 Å². The number of nitrogens with one attached hydrogen (secondary N) is 1. The van der Waals surface area contributed by atoms with Crippen molar-refractivity contribution < 1.29 is 9.53 Å². The summed E-state index contributed by atoms with van der Waals surface area (Å²) in [4.78, 5) is 15.0. The van der Waals surface area contributed by atoms with E-state index in [1.165, 1.54) is 13.2 Å². The van der Waals surface area contributed by atoms with Gasteiger partial charge in [-0.25, -0.2) is 9.78 Å². The second-order valence-electron chi connectivity index (χ2n) is 2.86. The Bertz CT molecular complexity index is 344. The molecule has 0 spiro atoms. The van der Waals surface area contributed by atoms with Crippen molar-refractivity contribution in [1.82, 2.24) is 4.98 Å². The Labute approximate surface area is 89.0 Å². The van der Waals surface area contributed by atoms with E-state index >= 15 is 0 Å². The summed E-state index contributed by atoms with van der Waals surface area (Å²) in [6.45, 7) is 2.84. The lowest BCUT2D eigenvalue weighted by Crippen LogP contribution is -1.98. The first kappa shape index (κ1) is 11.2. The summed E-state index contributed by atoms with van der Waals surface area (Å²) in [5, 5.41) is 3.08. The number of aromatic nitrogens is 1. The minimum atomic E-state index is -0.370. The van der Waals surface area contributed by atoms with Crippen molar-refractivity contribution in [2.24, 2.45) is 0 Å². The largest absolute Gasteiger partial charge is 0.466 e. The van der Waals surface area contributed by atoms with Gasteiger partial charge in [-0.15, -0.1) is 0 Å². The predicted molar refractivity (Wildman–Crippen MR) is 59.5 cm³/mol. The van der Waals surface area contributed by atoms with Crippen molar-refractivity contribution in [2.45, 2.75) is 6.92 Å². The Morgan fingerprint density at radius 1 is 1.60 bits per heavy atom. The highest BCUT2D eigenvalue weighted by atomic mass is 16.5. The van der Waals surface area contributed by atoms with Crippen molar-refractivity contribution >= 4 is 17.9 Å². The van der Waals surface area contributed by atoms with Crippen LogP contribution in [0.15, 0.2) is 24.4 Å². The first-order valence-corrected chi connectivity index (χ1v) is 4.72. The minimum absolute atomic E-state index is 0.370. The third kappa shape index (κ3) is 3.81. The average Bonchev–Trinajstić information content (AvgIpc) is 2.28. The zero-order valence-electron chi connectivity index (χ0n) is 8.86. The number of methoxy groups -OCH3 is 1. The number of hydrogen-bond acceptors (Lipinski definition) is 4. The normalized spacial score (nSPS) is 10.3. The SMILES string of the molecule is CCNc1ccc(C=CC(=O)OC)cn1. The number of ether oxygens (including phenoxy) is 1. The fourth-order valence-electron chi connectivity index (χ4n) is 1.02. The lowest BCUT2D eigenvalue weighted by molar-refractivity contribution is -0.134. The van der Waals surface area contributed by atoms with Gasteiger partial charge in [-0.05, 0) is 30.7 Å². The van der Waals surface area contributed by atoms with Gasteiger partial charge in [-0.3, -0.25) is 0 Å². The number of rotatable bonds is 4. The smallest absolute Gasteiger partial charge is 0.330 e. The van der Waals surface area contributed by atoms with Crippen molar-refractivity contribution in [1.29, 1.82) is 0 Å². The van der Waals surface area contributed by atoms with Crippen LogP contribution in [0.5, 0.6) is 0 Å². The molecule has 0 radical (unpaired) electrons. The molecule has 0 aliphatic carbocycles. The summed E-state index contributed by atoms with van der Waals surface area (Å²) in [6, 6.07) is 3.74. The molecule has 0 saturated carbocycles. The predicted octanol–water partition coefficient (Wildman–Crippen LogP) is 1.70. The van der Waals surface area contributed by atoms with Gasteiger partial charge in [0.2, 0.25) is 0 Å². The number of carbonyl (C=O) groups excluding carboxylic acids is 1. The third-order valence-corrected chi connectivity index (χ3v) is 1.76. The lowest BCUT2D eigenvalue weighted by atomic mass is 10.2. The van der Waals surface area contributed by atoms with E-state index in [4.69, 9.17) is 0 Å². The van der Waals surface area contributed by atoms with Gasteiger partial charge in [0, 0.05) is 18.8 Å². The fourth-order valence-corrected chi connectivity index (χ4v) is 1.02. The van der Waals surface area contributed by atoms with Crippen LogP contribution in [0.3, 0.4) is 0 Å². The molecule has 15 heavy (non-hydrogen) atoms. The maximum atomic E-state index is 10.8. The van der Waals surface area contributed by atoms with E-state index in [2.05, 4.69) is 15.0 Å². The summed E-state index contributed by atoms with van der Waals surface area (Å²) >= 11 is 0. The number of nitrogens with zero attached hydrogens (tertiary/aromatic N) is 1. The molecule has 1 heterocycles. The highest BCUT2D eigenvalue weighted by Gasteiger charge is 1.93. The zero-order chi connectivity index (χ0) is 11.1. The maximum Gasteiger partial charge on any atom is 0.330 e. The molecule has 80 valence electrons. The van der Waals surface area contributed by atoms with Crippen molar-refractivity contribution in [3.05, 3.63) is 30.0 Å². The lowest BCUT2D eigenvalue weighted by Gasteiger charge is -2.01. The highest BCUT2D eigenvalue weighted by molar-refractivity contribution is 5.86. The van der Waals surface area contributed by atoms with E-state index in [-0.39, 0.29) is 5.97 Å². The molecule has 0 aliphatic heterocycles. The molecule has 0 aliphatic rings. The fraction of sp³-hybridized carbons (Fsp3) is 0.273. The molecule has 0 fully saturated rings. The van der Waals surface area contributed by atoms with Crippen LogP contribution in [-0.4, -0.2) is 24.6 Å². The molecule has 4 heteroatoms. The maximum absolute atomic E-state index is 10.8. The van der Waals surface area contributed by atoms with Crippen molar-refractivity contribution in [3.63, 3.8) is 0 Å². The minimum Gasteiger partial charge on any atom is -0.466 e.